The third-order valence-electron chi connectivity index (χ3n) is 3.29. The number of sulfonamides is 1. The Morgan fingerprint density at radius 2 is 1.76 bits per heavy atom. The van der Waals surface area contributed by atoms with Crippen molar-refractivity contribution in [3.63, 3.8) is 0 Å². The Labute approximate surface area is 152 Å². The highest BCUT2D eigenvalue weighted by Gasteiger charge is 2.17. The maximum atomic E-state index is 12.2. The maximum absolute atomic E-state index is 12.2. The molecule has 0 aliphatic rings. The maximum Gasteiger partial charge on any atom is 0.264 e. The fourth-order valence-electron chi connectivity index (χ4n) is 2.09. The van der Waals surface area contributed by atoms with Crippen molar-refractivity contribution in [3.8, 4) is 5.69 Å². The van der Waals surface area contributed by atoms with Gasteiger partial charge < -0.3 is 0 Å². The highest BCUT2D eigenvalue weighted by Crippen LogP contribution is 2.15. The number of tetrazole rings is 1. The second-order valence-corrected chi connectivity index (χ2v) is 7.68. The van der Waals surface area contributed by atoms with Crippen LogP contribution in [0.5, 0.6) is 0 Å². The van der Waals surface area contributed by atoms with Crippen molar-refractivity contribution in [2.75, 3.05) is 0 Å². The molecular formula is C15H12BrN5O3S. The molecule has 0 unspecified atom stereocenters. The molecule has 1 amide bonds. The van der Waals surface area contributed by atoms with Gasteiger partial charge >= 0.3 is 0 Å². The van der Waals surface area contributed by atoms with Crippen LogP contribution in [0.3, 0.4) is 0 Å². The molecular weight excluding hydrogens is 410 g/mol. The van der Waals surface area contributed by atoms with Crippen LogP contribution in [0.4, 0.5) is 0 Å². The number of carbonyl (C=O) groups is 1. The molecule has 10 heteroatoms. The minimum atomic E-state index is -3.89. The summed E-state index contributed by atoms with van der Waals surface area (Å²) in [6, 6.07) is 12.9. The fourth-order valence-corrected chi connectivity index (χ4v) is 3.34. The van der Waals surface area contributed by atoms with Gasteiger partial charge in [0.15, 0.2) is 0 Å². The van der Waals surface area contributed by atoms with E-state index in [2.05, 4.69) is 36.2 Å². The molecule has 0 atom stereocenters. The predicted octanol–water partition coefficient (Wildman–Crippen LogP) is 1.47. The zero-order chi connectivity index (χ0) is 17.9. The number of hydrogen-bond acceptors (Lipinski definition) is 6. The first-order chi connectivity index (χ1) is 11.9. The smallest absolute Gasteiger partial charge is 0.264 e. The van der Waals surface area contributed by atoms with Gasteiger partial charge in [-0.3, -0.25) is 4.79 Å². The minimum Gasteiger partial charge on any atom is -0.274 e. The van der Waals surface area contributed by atoms with E-state index in [1.807, 2.05) is 0 Å². The van der Waals surface area contributed by atoms with Crippen molar-refractivity contribution >= 4 is 31.9 Å². The summed E-state index contributed by atoms with van der Waals surface area (Å²) in [4.78, 5) is 12.1. The molecule has 0 aliphatic heterocycles. The normalized spacial score (nSPS) is 11.2. The molecule has 0 bridgehead atoms. The van der Waals surface area contributed by atoms with E-state index in [0.717, 1.165) is 10.2 Å². The van der Waals surface area contributed by atoms with Crippen molar-refractivity contribution in [1.29, 1.82) is 0 Å². The van der Waals surface area contributed by atoms with Gasteiger partial charge in [-0.1, -0.05) is 28.1 Å². The molecule has 0 saturated heterocycles. The monoisotopic (exact) mass is 421 g/mol. The Hall–Kier alpha value is -2.59. The Bertz CT molecular complexity index is 971. The number of benzene rings is 2. The second-order valence-electron chi connectivity index (χ2n) is 5.08. The summed E-state index contributed by atoms with van der Waals surface area (Å²) in [5, 5.41) is 10.8. The second kappa shape index (κ2) is 7.11. The van der Waals surface area contributed by atoms with E-state index in [4.69, 9.17) is 0 Å². The lowest BCUT2D eigenvalue weighted by atomic mass is 10.1. The topological polar surface area (TPSA) is 107 Å². The van der Waals surface area contributed by atoms with Crippen LogP contribution in [0.2, 0.25) is 0 Å². The summed E-state index contributed by atoms with van der Waals surface area (Å²) in [6.45, 7) is 0. The van der Waals surface area contributed by atoms with Crippen molar-refractivity contribution in [2.45, 2.75) is 11.3 Å². The van der Waals surface area contributed by atoms with E-state index in [9.17, 15) is 13.2 Å². The van der Waals surface area contributed by atoms with Crippen molar-refractivity contribution in [1.82, 2.24) is 24.9 Å². The number of nitrogens with one attached hydrogen (secondary N) is 1. The first-order valence-corrected chi connectivity index (χ1v) is 9.35. The van der Waals surface area contributed by atoms with Crippen LogP contribution in [0, 0.1) is 0 Å². The molecule has 1 heterocycles. The number of rotatable bonds is 5. The lowest BCUT2D eigenvalue weighted by Gasteiger charge is -2.07. The molecule has 3 rings (SSSR count). The quantitative estimate of drug-likeness (QED) is 0.668. The van der Waals surface area contributed by atoms with E-state index in [0.29, 0.717) is 5.56 Å². The van der Waals surface area contributed by atoms with E-state index < -0.39 is 15.9 Å². The Morgan fingerprint density at radius 1 is 1.08 bits per heavy atom. The molecule has 1 aromatic heterocycles. The molecule has 3 aromatic rings. The van der Waals surface area contributed by atoms with E-state index in [1.165, 1.54) is 23.1 Å². The van der Waals surface area contributed by atoms with Gasteiger partial charge in [0.25, 0.3) is 10.0 Å². The largest absolute Gasteiger partial charge is 0.274 e. The van der Waals surface area contributed by atoms with Crippen molar-refractivity contribution < 1.29 is 13.2 Å². The standard InChI is InChI=1S/C15H12BrN5O3S/c16-12-3-7-14(8-4-12)25(23,24)18-15(22)9-11-1-5-13(6-2-11)21-10-17-19-20-21/h1-8,10H,9H2,(H,18,22). The molecule has 8 nitrogen and oxygen atoms in total. The van der Waals surface area contributed by atoms with Crippen molar-refractivity contribution in [3.05, 3.63) is 64.9 Å². The zero-order valence-corrected chi connectivity index (χ0v) is 15.1. The van der Waals surface area contributed by atoms with Crippen LogP contribution in [-0.2, 0) is 21.2 Å². The molecule has 0 aliphatic carbocycles. The number of amides is 1. The lowest BCUT2D eigenvalue weighted by Crippen LogP contribution is -2.31. The Kier molecular flexibility index (Phi) is 4.91. The molecule has 128 valence electrons. The number of halogens is 1. The zero-order valence-electron chi connectivity index (χ0n) is 12.7. The number of carbonyl (C=O) groups excluding carboxylic acids is 1. The first kappa shape index (κ1) is 17.2. The van der Waals surface area contributed by atoms with Crippen LogP contribution >= 0.6 is 15.9 Å². The van der Waals surface area contributed by atoms with E-state index >= 15 is 0 Å². The highest BCUT2D eigenvalue weighted by molar-refractivity contribution is 9.10. The summed E-state index contributed by atoms with van der Waals surface area (Å²) in [6.07, 6.45) is 1.39. The minimum absolute atomic E-state index is 0.0260. The van der Waals surface area contributed by atoms with Gasteiger partial charge in [-0.05, 0) is 52.4 Å². The lowest BCUT2D eigenvalue weighted by molar-refractivity contribution is -0.118. The summed E-state index contributed by atoms with van der Waals surface area (Å²) in [7, 11) is -3.89. The molecule has 0 radical (unpaired) electrons. The average Bonchev–Trinajstić information content (AvgIpc) is 3.10. The first-order valence-electron chi connectivity index (χ1n) is 7.07. The van der Waals surface area contributed by atoms with Crippen LogP contribution in [0.1, 0.15) is 5.56 Å². The fraction of sp³-hybridized carbons (Fsp3) is 0.0667. The molecule has 0 spiro atoms. The molecule has 25 heavy (non-hydrogen) atoms. The summed E-state index contributed by atoms with van der Waals surface area (Å²) >= 11 is 3.23. The summed E-state index contributed by atoms with van der Waals surface area (Å²) in [5.41, 5.74) is 1.40. The van der Waals surface area contributed by atoms with Gasteiger partial charge in [-0.25, -0.2) is 17.8 Å². The SMILES string of the molecule is O=C(Cc1ccc(-n2cnnn2)cc1)NS(=O)(=O)c1ccc(Br)cc1. The van der Waals surface area contributed by atoms with Gasteiger partial charge in [-0.15, -0.1) is 5.10 Å². The Balaban J connectivity index is 1.67. The van der Waals surface area contributed by atoms with Crippen molar-refractivity contribution in [2.24, 2.45) is 0 Å². The van der Waals surface area contributed by atoms with E-state index in [-0.39, 0.29) is 11.3 Å². The van der Waals surface area contributed by atoms with Gasteiger partial charge in [-0.2, -0.15) is 0 Å². The van der Waals surface area contributed by atoms with Crippen LogP contribution in [0.25, 0.3) is 5.69 Å². The van der Waals surface area contributed by atoms with Crippen LogP contribution < -0.4 is 4.72 Å². The molecule has 1 N–H and O–H groups in total. The summed E-state index contributed by atoms with van der Waals surface area (Å²) in [5.74, 6) is -0.613. The van der Waals surface area contributed by atoms with Gasteiger partial charge in [0.1, 0.15) is 6.33 Å². The summed E-state index contributed by atoms with van der Waals surface area (Å²) < 4.78 is 28.6. The van der Waals surface area contributed by atoms with Gasteiger partial charge in [0.2, 0.25) is 5.91 Å². The Morgan fingerprint density at radius 3 is 2.36 bits per heavy atom. The molecule has 2 aromatic carbocycles. The highest BCUT2D eigenvalue weighted by atomic mass is 79.9. The third kappa shape index (κ3) is 4.28. The van der Waals surface area contributed by atoms with Gasteiger partial charge in [0, 0.05) is 4.47 Å². The average molecular weight is 422 g/mol. The third-order valence-corrected chi connectivity index (χ3v) is 5.20. The molecule has 0 saturated carbocycles. The van der Waals surface area contributed by atoms with Crippen LogP contribution in [-0.4, -0.2) is 34.5 Å². The number of hydrogen-bond donors (Lipinski definition) is 1. The number of aromatic nitrogens is 4. The van der Waals surface area contributed by atoms with E-state index in [1.54, 1.807) is 36.4 Å². The number of nitrogens with zero attached hydrogens (tertiary/aromatic N) is 4. The van der Waals surface area contributed by atoms with Gasteiger partial charge in [0.05, 0.1) is 17.0 Å². The predicted molar refractivity (Wildman–Crippen MR) is 92.3 cm³/mol. The van der Waals surface area contributed by atoms with Crippen LogP contribution in [0.15, 0.2) is 64.2 Å². The molecule has 0 fully saturated rings.